The molecule has 0 aliphatic heterocycles. The van der Waals surface area contributed by atoms with Gasteiger partial charge in [-0.2, -0.15) is 0 Å². The highest BCUT2D eigenvalue weighted by Gasteiger charge is 2.59. The van der Waals surface area contributed by atoms with Crippen LogP contribution in [0.15, 0.2) is 11.6 Å². The van der Waals surface area contributed by atoms with Crippen LogP contribution in [0.2, 0.25) is 0 Å². The summed E-state index contributed by atoms with van der Waals surface area (Å²) in [5, 5.41) is 21.5. The summed E-state index contributed by atoms with van der Waals surface area (Å²) in [5.41, 5.74) is 1.92. The molecular formula is C32H56O2. The molecule has 0 aromatic rings. The predicted octanol–water partition coefficient (Wildman–Crippen LogP) is 8.17. The third-order valence-corrected chi connectivity index (χ3v) is 12.2. The highest BCUT2D eigenvalue weighted by molar-refractivity contribution is 5.25. The van der Waals surface area contributed by atoms with E-state index in [1.165, 1.54) is 44.9 Å². The van der Waals surface area contributed by atoms with Crippen molar-refractivity contribution in [2.45, 2.75) is 137 Å². The first-order valence-electron chi connectivity index (χ1n) is 15.0. The van der Waals surface area contributed by atoms with E-state index >= 15 is 0 Å². The summed E-state index contributed by atoms with van der Waals surface area (Å²) in [6.07, 6.45) is 17.0. The third kappa shape index (κ3) is 4.57. The van der Waals surface area contributed by atoms with E-state index in [1.54, 1.807) is 5.57 Å². The Morgan fingerprint density at radius 3 is 2.47 bits per heavy atom. The first-order chi connectivity index (χ1) is 15.9. The van der Waals surface area contributed by atoms with Crippen molar-refractivity contribution in [1.82, 2.24) is 0 Å². The summed E-state index contributed by atoms with van der Waals surface area (Å²) in [6.45, 7) is 16.6. The summed E-state index contributed by atoms with van der Waals surface area (Å²) in [5.74, 6) is 5.13. The maximum atomic E-state index is 11.2. The zero-order valence-electron chi connectivity index (χ0n) is 23.6. The minimum absolute atomic E-state index is 0.102. The molecule has 4 aliphatic carbocycles. The molecule has 2 heteroatoms. The Hall–Kier alpha value is -0.340. The lowest BCUT2D eigenvalue weighted by Gasteiger charge is -2.58. The lowest BCUT2D eigenvalue weighted by atomic mass is 9.47. The van der Waals surface area contributed by atoms with Crippen LogP contribution in [0.3, 0.4) is 0 Å². The van der Waals surface area contributed by atoms with E-state index in [0.717, 1.165) is 61.7 Å². The Morgan fingerprint density at radius 2 is 1.79 bits per heavy atom. The van der Waals surface area contributed by atoms with Gasteiger partial charge in [0.25, 0.3) is 0 Å². The second-order valence-electron chi connectivity index (χ2n) is 14.4. The van der Waals surface area contributed by atoms with Crippen LogP contribution in [0.1, 0.15) is 126 Å². The second-order valence-corrected chi connectivity index (χ2v) is 14.4. The fourth-order valence-corrected chi connectivity index (χ4v) is 10.4. The van der Waals surface area contributed by atoms with Crippen LogP contribution in [-0.2, 0) is 0 Å². The van der Waals surface area contributed by atoms with Gasteiger partial charge in [0.1, 0.15) is 0 Å². The third-order valence-electron chi connectivity index (χ3n) is 12.2. The van der Waals surface area contributed by atoms with Crippen LogP contribution in [0.5, 0.6) is 0 Å². The molecule has 34 heavy (non-hydrogen) atoms. The van der Waals surface area contributed by atoms with Crippen LogP contribution in [-0.4, -0.2) is 21.9 Å². The summed E-state index contributed by atoms with van der Waals surface area (Å²) in [4.78, 5) is 0. The normalized spacial score (nSPS) is 43.4. The minimum atomic E-state index is -0.530. The minimum Gasteiger partial charge on any atom is -0.393 e. The molecule has 2 N–H and O–H groups in total. The standard InChI is InChI=1S/C32H56O2/c1-8-26(21(2)3)32(7,34)17-9-10-22(4)27-13-14-28-25-12-11-23-20-24(33)15-18-30(23,5)29(25)16-19-31(27,28)6/h11,21-22,24-29,33-34H,8-10,12-20H2,1-7H3/t22-,24+,25?,26+,27?,28?,29?,30+,31-,32+/m1/s1. The van der Waals surface area contributed by atoms with Crippen molar-refractivity contribution in [2.24, 2.45) is 52.3 Å². The Morgan fingerprint density at radius 1 is 1.06 bits per heavy atom. The highest BCUT2D eigenvalue weighted by Crippen LogP contribution is 2.67. The van der Waals surface area contributed by atoms with E-state index in [-0.39, 0.29) is 6.10 Å². The van der Waals surface area contributed by atoms with Crippen molar-refractivity contribution in [3.63, 3.8) is 0 Å². The molecule has 4 aliphatic rings. The van der Waals surface area contributed by atoms with Crippen LogP contribution in [0.25, 0.3) is 0 Å². The van der Waals surface area contributed by atoms with Crippen molar-refractivity contribution in [1.29, 1.82) is 0 Å². The van der Waals surface area contributed by atoms with Gasteiger partial charge in [0, 0.05) is 0 Å². The van der Waals surface area contributed by atoms with Crippen molar-refractivity contribution in [2.75, 3.05) is 0 Å². The average molecular weight is 473 g/mol. The smallest absolute Gasteiger partial charge is 0.0650 e. The Labute approximate surface area is 211 Å². The second kappa shape index (κ2) is 9.85. The molecule has 0 saturated heterocycles. The number of fused-ring (bicyclic) bond motifs is 5. The molecule has 10 atom stereocenters. The van der Waals surface area contributed by atoms with Crippen molar-refractivity contribution < 1.29 is 10.2 Å². The lowest BCUT2D eigenvalue weighted by molar-refractivity contribution is -0.0586. The first kappa shape index (κ1) is 26.7. The first-order valence-corrected chi connectivity index (χ1v) is 15.0. The monoisotopic (exact) mass is 472 g/mol. The topological polar surface area (TPSA) is 40.5 Å². The SMILES string of the molecule is CC[C@@H](C(C)C)[C@@](C)(O)CCC[C@@H](C)C1CCC2C3CC=C4C[C@@H](O)CC[C@]4(C)C3CC[C@@]21C. The van der Waals surface area contributed by atoms with Gasteiger partial charge in [-0.25, -0.2) is 0 Å². The molecule has 196 valence electrons. The predicted molar refractivity (Wildman–Crippen MR) is 143 cm³/mol. The molecule has 0 radical (unpaired) electrons. The molecule has 4 rings (SSSR count). The van der Waals surface area contributed by atoms with Gasteiger partial charge in [-0.15, -0.1) is 0 Å². The van der Waals surface area contributed by atoms with Crippen molar-refractivity contribution >= 4 is 0 Å². The van der Waals surface area contributed by atoms with Crippen LogP contribution < -0.4 is 0 Å². The summed E-state index contributed by atoms with van der Waals surface area (Å²) >= 11 is 0. The lowest BCUT2D eigenvalue weighted by Crippen LogP contribution is -2.50. The molecule has 3 fully saturated rings. The van der Waals surface area contributed by atoms with Crippen LogP contribution in [0.4, 0.5) is 0 Å². The van der Waals surface area contributed by atoms with E-state index in [1.807, 2.05) is 0 Å². The van der Waals surface area contributed by atoms with E-state index < -0.39 is 5.60 Å². The summed E-state index contributed by atoms with van der Waals surface area (Å²) < 4.78 is 0. The number of aliphatic hydroxyl groups excluding tert-OH is 1. The van der Waals surface area contributed by atoms with Gasteiger partial charge < -0.3 is 10.2 Å². The Kier molecular flexibility index (Phi) is 7.74. The van der Waals surface area contributed by atoms with Gasteiger partial charge in [-0.05, 0) is 117 Å². The maximum Gasteiger partial charge on any atom is 0.0650 e. The molecule has 2 nitrogen and oxygen atoms in total. The molecular weight excluding hydrogens is 416 g/mol. The highest BCUT2D eigenvalue weighted by atomic mass is 16.3. The molecule has 0 aromatic heterocycles. The number of rotatable bonds is 8. The van der Waals surface area contributed by atoms with E-state index in [4.69, 9.17) is 0 Å². The number of aliphatic hydroxyl groups is 2. The molecule has 0 aromatic carbocycles. The van der Waals surface area contributed by atoms with Gasteiger partial charge in [0.15, 0.2) is 0 Å². The molecule has 4 unspecified atom stereocenters. The fourth-order valence-electron chi connectivity index (χ4n) is 10.4. The largest absolute Gasteiger partial charge is 0.393 e. The number of allylic oxidation sites excluding steroid dienone is 1. The van der Waals surface area contributed by atoms with Gasteiger partial charge >= 0.3 is 0 Å². The maximum absolute atomic E-state index is 11.2. The summed E-state index contributed by atoms with van der Waals surface area (Å²) in [7, 11) is 0. The molecule has 0 bridgehead atoms. The summed E-state index contributed by atoms with van der Waals surface area (Å²) in [6, 6.07) is 0. The van der Waals surface area contributed by atoms with E-state index in [0.29, 0.717) is 22.7 Å². The molecule has 0 heterocycles. The average Bonchev–Trinajstić information content (AvgIpc) is 3.11. The zero-order valence-corrected chi connectivity index (χ0v) is 23.6. The van der Waals surface area contributed by atoms with E-state index in [2.05, 4.69) is 54.5 Å². The zero-order chi connectivity index (χ0) is 24.9. The fraction of sp³-hybridized carbons (Fsp3) is 0.938. The Balaban J connectivity index is 1.40. The quantitative estimate of drug-likeness (QED) is 0.350. The van der Waals surface area contributed by atoms with Crippen LogP contribution >= 0.6 is 0 Å². The van der Waals surface area contributed by atoms with Crippen molar-refractivity contribution in [3.8, 4) is 0 Å². The number of hydrogen-bond donors (Lipinski definition) is 2. The molecule has 3 saturated carbocycles. The van der Waals surface area contributed by atoms with Gasteiger partial charge in [-0.3, -0.25) is 0 Å². The molecule has 0 spiro atoms. The van der Waals surface area contributed by atoms with Gasteiger partial charge in [0.05, 0.1) is 11.7 Å². The van der Waals surface area contributed by atoms with Gasteiger partial charge in [-0.1, -0.05) is 72.5 Å². The van der Waals surface area contributed by atoms with Gasteiger partial charge in [0.2, 0.25) is 0 Å². The number of hydrogen-bond acceptors (Lipinski definition) is 2. The molecule has 0 amide bonds. The van der Waals surface area contributed by atoms with Crippen LogP contribution in [0, 0.1) is 52.3 Å². The van der Waals surface area contributed by atoms with E-state index in [9.17, 15) is 10.2 Å². The van der Waals surface area contributed by atoms with Crippen molar-refractivity contribution in [3.05, 3.63) is 11.6 Å². The Bertz CT molecular complexity index is 737.